The highest BCUT2D eigenvalue weighted by atomic mass is 35.5. The topological polar surface area (TPSA) is 24.5 Å². The van der Waals surface area contributed by atoms with Crippen LogP contribution in [-0.4, -0.2) is 33.4 Å². The number of benzene rings is 1. The van der Waals surface area contributed by atoms with Gasteiger partial charge in [0.25, 0.3) is 0 Å². The number of nitrogens with zero attached hydrogens (tertiary/aromatic N) is 1. The maximum Gasteiger partial charge on any atom is 0.0587 e. The Morgan fingerprint density at radius 2 is 2.19 bits per heavy atom. The molecule has 2 rings (SSSR count). The number of methoxy groups -OCH3 is 1. The van der Waals surface area contributed by atoms with Gasteiger partial charge >= 0.3 is 0 Å². The van der Waals surface area contributed by atoms with Gasteiger partial charge in [-0.15, -0.1) is 0 Å². The number of hydrogen-bond acceptors (Lipinski definition) is 3. The molecule has 1 N–H and O–H groups in total. The van der Waals surface area contributed by atoms with Crippen LogP contribution in [0, 0.1) is 5.92 Å². The highest BCUT2D eigenvalue weighted by Crippen LogP contribution is 2.27. The molecule has 0 amide bonds. The normalized spacial score (nSPS) is 19.6. The van der Waals surface area contributed by atoms with Gasteiger partial charge in [-0.25, -0.2) is 0 Å². The minimum atomic E-state index is 0.724. The summed E-state index contributed by atoms with van der Waals surface area (Å²) in [5.41, 5.74) is 2.41. The first kappa shape index (κ1) is 16.6. The van der Waals surface area contributed by atoms with Crippen molar-refractivity contribution in [1.29, 1.82) is 0 Å². The van der Waals surface area contributed by atoms with Crippen molar-refractivity contribution in [3.8, 4) is 0 Å². The van der Waals surface area contributed by atoms with E-state index in [1.807, 2.05) is 0 Å². The average Bonchev–Trinajstić information content (AvgIpc) is 2.70. The highest BCUT2D eigenvalue weighted by molar-refractivity contribution is 6.31. The third kappa shape index (κ3) is 5.17. The molecule has 0 bridgehead atoms. The average molecular weight is 311 g/mol. The van der Waals surface area contributed by atoms with Gasteiger partial charge in [0.1, 0.15) is 0 Å². The Labute approximate surface area is 133 Å². The van der Waals surface area contributed by atoms with Crippen LogP contribution in [0.3, 0.4) is 0 Å². The number of rotatable bonds is 6. The fraction of sp³-hybridized carbons (Fsp3) is 0.647. The van der Waals surface area contributed by atoms with Crippen LogP contribution < -0.4 is 10.2 Å². The van der Waals surface area contributed by atoms with E-state index in [4.69, 9.17) is 16.3 Å². The molecule has 118 valence electrons. The predicted molar refractivity (Wildman–Crippen MR) is 90.3 cm³/mol. The number of halogens is 1. The van der Waals surface area contributed by atoms with Crippen LogP contribution in [0.25, 0.3) is 0 Å². The summed E-state index contributed by atoms with van der Waals surface area (Å²) in [4.78, 5) is 2.47. The minimum absolute atomic E-state index is 0.724. The van der Waals surface area contributed by atoms with E-state index in [1.165, 1.54) is 24.9 Å². The van der Waals surface area contributed by atoms with E-state index >= 15 is 0 Å². The van der Waals surface area contributed by atoms with Crippen LogP contribution in [0.4, 0.5) is 5.69 Å². The maximum atomic E-state index is 6.43. The van der Waals surface area contributed by atoms with Crippen molar-refractivity contribution in [2.45, 2.75) is 32.7 Å². The van der Waals surface area contributed by atoms with E-state index in [9.17, 15) is 0 Å². The van der Waals surface area contributed by atoms with Gasteiger partial charge in [-0.3, -0.25) is 0 Å². The number of ether oxygens (including phenoxy) is 1. The predicted octanol–water partition coefficient (Wildman–Crippen LogP) is 3.70. The lowest BCUT2D eigenvalue weighted by atomic mass is 10.0. The Balaban J connectivity index is 1.94. The van der Waals surface area contributed by atoms with E-state index in [2.05, 4.69) is 35.3 Å². The first-order valence-electron chi connectivity index (χ1n) is 7.93. The molecule has 1 saturated heterocycles. The summed E-state index contributed by atoms with van der Waals surface area (Å²) in [5.74, 6) is 0.842. The molecule has 1 unspecified atom stereocenters. The van der Waals surface area contributed by atoms with E-state index in [1.54, 1.807) is 7.11 Å². The number of anilines is 1. The minimum Gasteiger partial charge on any atom is -0.383 e. The third-order valence-electron chi connectivity index (χ3n) is 4.22. The molecule has 0 saturated carbocycles. The van der Waals surface area contributed by atoms with Crippen LogP contribution in [0.15, 0.2) is 18.2 Å². The second kappa shape index (κ2) is 8.62. The first-order valence-corrected chi connectivity index (χ1v) is 8.31. The Hall–Kier alpha value is -0.770. The summed E-state index contributed by atoms with van der Waals surface area (Å²) in [5, 5.41) is 4.19. The summed E-state index contributed by atoms with van der Waals surface area (Å²) in [6, 6.07) is 6.46. The zero-order chi connectivity index (χ0) is 15.1. The molecule has 1 aromatic carbocycles. The van der Waals surface area contributed by atoms with Crippen LogP contribution in [-0.2, 0) is 11.3 Å². The second-order valence-corrected chi connectivity index (χ2v) is 6.38. The number of hydrogen-bond donors (Lipinski definition) is 1. The molecule has 0 aliphatic carbocycles. The van der Waals surface area contributed by atoms with Gasteiger partial charge < -0.3 is 15.0 Å². The first-order chi connectivity index (χ1) is 10.2. The highest BCUT2D eigenvalue weighted by Gasteiger charge is 2.15. The Bertz CT molecular complexity index is 439. The van der Waals surface area contributed by atoms with Gasteiger partial charge in [-0.1, -0.05) is 24.6 Å². The molecule has 1 aliphatic heterocycles. The Morgan fingerprint density at radius 3 is 2.95 bits per heavy atom. The van der Waals surface area contributed by atoms with Crippen LogP contribution >= 0.6 is 11.6 Å². The molecule has 21 heavy (non-hydrogen) atoms. The van der Waals surface area contributed by atoms with Gasteiger partial charge in [-0.2, -0.15) is 0 Å². The second-order valence-electron chi connectivity index (χ2n) is 5.97. The molecule has 0 aromatic heterocycles. The summed E-state index contributed by atoms with van der Waals surface area (Å²) >= 11 is 6.43. The molecular formula is C17H27ClN2O. The Kier molecular flexibility index (Phi) is 6.81. The van der Waals surface area contributed by atoms with Crippen molar-refractivity contribution in [1.82, 2.24) is 5.32 Å². The van der Waals surface area contributed by atoms with Crippen molar-refractivity contribution in [3.63, 3.8) is 0 Å². The maximum absolute atomic E-state index is 6.43. The summed E-state index contributed by atoms with van der Waals surface area (Å²) in [6.45, 7) is 7.00. The summed E-state index contributed by atoms with van der Waals surface area (Å²) in [7, 11) is 1.71. The molecule has 1 heterocycles. The van der Waals surface area contributed by atoms with Crippen LogP contribution in [0.5, 0.6) is 0 Å². The van der Waals surface area contributed by atoms with Crippen molar-refractivity contribution >= 4 is 17.3 Å². The Morgan fingerprint density at radius 1 is 1.33 bits per heavy atom. The molecular weight excluding hydrogens is 284 g/mol. The lowest BCUT2D eigenvalue weighted by molar-refractivity contribution is 0.199. The fourth-order valence-electron chi connectivity index (χ4n) is 2.79. The van der Waals surface area contributed by atoms with Gasteiger partial charge in [0, 0.05) is 44.0 Å². The molecule has 1 atom stereocenters. The molecule has 3 nitrogen and oxygen atoms in total. The van der Waals surface area contributed by atoms with Gasteiger partial charge in [0.05, 0.1) is 6.61 Å². The van der Waals surface area contributed by atoms with Crippen molar-refractivity contribution in [2.75, 3.05) is 38.3 Å². The smallest absolute Gasteiger partial charge is 0.0587 e. The van der Waals surface area contributed by atoms with Crippen LogP contribution in [0.1, 0.15) is 31.7 Å². The largest absolute Gasteiger partial charge is 0.383 e. The van der Waals surface area contributed by atoms with E-state index < -0.39 is 0 Å². The lowest BCUT2D eigenvalue weighted by Gasteiger charge is -2.23. The number of nitrogens with one attached hydrogen (secondary N) is 1. The van der Waals surface area contributed by atoms with E-state index in [0.29, 0.717) is 0 Å². The standard InChI is InChI=1S/C17H27ClN2O/c1-14-4-3-9-20(10-7-14)16-6-5-15(17(18)12-16)13-19-8-11-21-2/h5-6,12,14,19H,3-4,7-11,13H2,1-2H3. The monoisotopic (exact) mass is 310 g/mol. The third-order valence-corrected chi connectivity index (χ3v) is 4.57. The SMILES string of the molecule is COCCNCc1ccc(N2CCCC(C)CC2)cc1Cl. The molecule has 0 spiro atoms. The molecule has 0 radical (unpaired) electrons. The lowest BCUT2D eigenvalue weighted by Crippen LogP contribution is -2.24. The zero-order valence-electron chi connectivity index (χ0n) is 13.2. The quantitative estimate of drug-likeness (QED) is 0.811. The van der Waals surface area contributed by atoms with Gasteiger partial charge in [0.2, 0.25) is 0 Å². The van der Waals surface area contributed by atoms with Gasteiger partial charge in [0.15, 0.2) is 0 Å². The summed E-state index contributed by atoms with van der Waals surface area (Å²) < 4.78 is 5.03. The van der Waals surface area contributed by atoms with E-state index in [-0.39, 0.29) is 0 Å². The molecule has 1 aliphatic rings. The fourth-order valence-corrected chi connectivity index (χ4v) is 3.04. The molecule has 4 heteroatoms. The molecule has 1 aromatic rings. The van der Waals surface area contributed by atoms with Crippen molar-refractivity contribution in [2.24, 2.45) is 5.92 Å². The van der Waals surface area contributed by atoms with Crippen LogP contribution in [0.2, 0.25) is 5.02 Å². The van der Waals surface area contributed by atoms with Crippen molar-refractivity contribution in [3.05, 3.63) is 28.8 Å². The van der Waals surface area contributed by atoms with Gasteiger partial charge in [-0.05, 0) is 42.9 Å². The van der Waals surface area contributed by atoms with E-state index in [0.717, 1.165) is 49.3 Å². The van der Waals surface area contributed by atoms with Crippen molar-refractivity contribution < 1.29 is 4.74 Å². The summed E-state index contributed by atoms with van der Waals surface area (Å²) in [6.07, 6.45) is 3.89. The zero-order valence-corrected chi connectivity index (χ0v) is 14.0. The molecule has 1 fully saturated rings.